The highest BCUT2D eigenvalue weighted by atomic mass is 16.5. The van der Waals surface area contributed by atoms with Crippen molar-refractivity contribution in [2.24, 2.45) is 0 Å². The van der Waals surface area contributed by atoms with Gasteiger partial charge >= 0.3 is 0 Å². The van der Waals surface area contributed by atoms with Gasteiger partial charge in [0.05, 0.1) is 12.7 Å². The Hall–Kier alpha value is -0.870. The maximum Gasteiger partial charge on any atom is 0.150 e. The van der Waals surface area contributed by atoms with Crippen LogP contribution in [0.4, 0.5) is 0 Å². The van der Waals surface area contributed by atoms with Crippen LogP contribution in [0.2, 0.25) is 0 Å². The second kappa shape index (κ2) is 5.28. The highest BCUT2D eigenvalue weighted by Crippen LogP contribution is 2.09. The van der Waals surface area contributed by atoms with Gasteiger partial charge < -0.3 is 9.84 Å². The minimum atomic E-state index is 0.645. The van der Waals surface area contributed by atoms with Gasteiger partial charge in [-0.25, -0.2) is 0 Å². The van der Waals surface area contributed by atoms with Crippen LogP contribution in [0.3, 0.4) is 0 Å². The van der Waals surface area contributed by atoms with Crippen LogP contribution in [0.15, 0.2) is 16.8 Å². The largest absolute Gasteiger partial charge is 0.360 e. The minimum absolute atomic E-state index is 0.645. The van der Waals surface area contributed by atoms with Gasteiger partial charge in [-0.15, -0.1) is 0 Å². The maximum atomic E-state index is 5.12. The molecule has 4 heteroatoms. The van der Waals surface area contributed by atoms with Crippen LogP contribution in [0.1, 0.15) is 25.5 Å². The fourth-order valence-corrected chi connectivity index (χ4v) is 2.12. The summed E-state index contributed by atoms with van der Waals surface area (Å²) >= 11 is 0. The van der Waals surface area contributed by atoms with E-state index in [2.05, 4.69) is 22.3 Å². The van der Waals surface area contributed by atoms with E-state index >= 15 is 0 Å². The lowest BCUT2D eigenvalue weighted by atomic mass is 10.1. The molecule has 0 radical (unpaired) electrons. The van der Waals surface area contributed by atoms with Crippen LogP contribution in [0.25, 0.3) is 0 Å². The third kappa shape index (κ3) is 3.04. The van der Waals surface area contributed by atoms with Crippen LogP contribution < -0.4 is 5.32 Å². The van der Waals surface area contributed by atoms with E-state index in [1.165, 1.54) is 12.8 Å². The monoisotopic (exact) mass is 209 g/mol. The van der Waals surface area contributed by atoms with Crippen LogP contribution in [-0.2, 0) is 6.54 Å². The van der Waals surface area contributed by atoms with Gasteiger partial charge in [0.2, 0.25) is 0 Å². The predicted octanol–water partition coefficient (Wildman–Crippen LogP) is 1.25. The SMILES string of the molecule is CCCC1CN(Cc2ccno2)CCN1. The van der Waals surface area contributed by atoms with E-state index in [-0.39, 0.29) is 0 Å². The molecule has 1 N–H and O–H groups in total. The molecular weight excluding hydrogens is 190 g/mol. The summed E-state index contributed by atoms with van der Waals surface area (Å²) < 4.78 is 5.12. The molecule has 1 aliphatic heterocycles. The summed E-state index contributed by atoms with van der Waals surface area (Å²) in [6.45, 7) is 6.42. The number of hydrogen-bond donors (Lipinski definition) is 1. The average molecular weight is 209 g/mol. The number of aromatic nitrogens is 1. The predicted molar refractivity (Wildman–Crippen MR) is 58.5 cm³/mol. The Bertz CT molecular complexity index is 271. The summed E-state index contributed by atoms with van der Waals surface area (Å²) in [4.78, 5) is 2.43. The zero-order chi connectivity index (χ0) is 10.5. The molecule has 1 aromatic heterocycles. The van der Waals surface area contributed by atoms with Crippen molar-refractivity contribution in [3.8, 4) is 0 Å². The average Bonchev–Trinajstić information content (AvgIpc) is 2.71. The topological polar surface area (TPSA) is 41.3 Å². The second-order valence-corrected chi connectivity index (χ2v) is 4.15. The molecule has 0 spiro atoms. The van der Waals surface area contributed by atoms with Gasteiger partial charge in [0.15, 0.2) is 5.76 Å². The molecule has 0 saturated carbocycles. The van der Waals surface area contributed by atoms with E-state index in [0.717, 1.165) is 31.9 Å². The Morgan fingerprint density at radius 1 is 1.67 bits per heavy atom. The van der Waals surface area contributed by atoms with Crippen LogP contribution in [0, 0.1) is 0 Å². The van der Waals surface area contributed by atoms with Crippen molar-refractivity contribution < 1.29 is 4.52 Å². The summed E-state index contributed by atoms with van der Waals surface area (Å²) in [7, 11) is 0. The van der Waals surface area contributed by atoms with E-state index in [1.54, 1.807) is 6.20 Å². The molecule has 1 fully saturated rings. The van der Waals surface area contributed by atoms with Crippen molar-refractivity contribution >= 4 is 0 Å². The van der Waals surface area contributed by atoms with Crippen molar-refractivity contribution in [1.82, 2.24) is 15.4 Å². The molecule has 1 aliphatic rings. The van der Waals surface area contributed by atoms with Gasteiger partial charge in [-0.1, -0.05) is 18.5 Å². The molecule has 1 saturated heterocycles. The molecule has 84 valence electrons. The molecule has 1 unspecified atom stereocenters. The highest BCUT2D eigenvalue weighted by molar-refractivity contribution is 4.93. The van der Waals surface area contributed by atoms with Gasteiger partial charge in [0, 0.05) is 31.7 Å². The van der Waals surface area contributed by atoms with Crippen molar-refractivity contribution in [1.29, 1.82) is 0 Å². The third-order valence-electron chi connectivity index (χ3n) is 2.85. The summed E-state index contributed by atoms with van der Waals surface area (Å²) in [5.74, 6) is 0.965. The first kappa shape index (κ1) is 10.6. The molecule has 0 amide bonds. The number of nitrogens with zero attached hydrogens (tertiary/aromatic N) is 2. The first-order valence-electron chi connectivity index (χ1n) is 5.73. The Balaban J connectivity index is 1.82. The quantitative estimate of drug-likeness (QED) is 0.810. The van der Waals surface area contributed by atoms with Gasteiger partial charge in [0.1, 0.15) is 0 Å². The second-order valence-electron chi connectivity index (χ2n) is 4.15. The number of piperazine rings is 1. The minimum Gasteiger partial charge on any atom is -0.360 e. The van der Waals surface area contributed by atoms with E-state index < -0.39 is 0 Å². The zero-order valence-electron chi connectivity index (χ0n) is 9.28. The van der Waals surface area contributed by atoms with Crippen LogP contribution in [0.5, 0.6) is 0 Å². The zero-order valence-corrected chi connectivity index (χ0v) is 9.28. The Kier molecular flexibility index (Phi) is 3.75. The standard InChI is InChI=1S/C11H19N3O/c1-2-3-10-8-14(7-6-12-10)9-11-4-5-13-15-11/h4-5,10,12H,2-3,6-9H2,1H3. The lowest BCUT2D eigenvalue weighted by Crippen LogP contribution is -2.50. The molecule has 4 nitrogen and oxygen atoms in total. The molecule has 2 heterocycles. The van der Waals surface area contributed by atoms with Crippen LogP contribution >= 0.6 is 0 Å². The van der Waals surface area contributed by atoms with Crippen molar-refractivity contribution in [3.63, 3.8) is 0 Å². The Morgan fingerprint density at radius 2 is 2.60 bits per heavy atom. The van der Waals surface area contributed by atoms with Gasteiger partial charge in [0.25, 0.3) is 0 Å². The van der Waals surface area contributed by atoms with E-state index in [9.17, 15) is 0 Å². The fraction of sp³-hybridized carbons (Fsp3) is 0.727. The third-order valence-corrected chi connectivity index (χ3v) is 2.85. The van der Waals surface area contributed by atoms with Crippen molar-refractivity contribution in [2.75, 3.05) is 19.6 Å². The molecule has 0 aromatic carbocycles. The van der Waals surface area contributed by atoms with Crippen molar-refractivity contribution in [3.05, 3.63) is 18.0 Å². The summed E-state index contributed by atoms with van der Waals surface area (Å²) in [6, 6.07) is 2.59. The molecular formula is C11H19N3O. The summed E-state index contributed by atoms with van der Waals surface area (Å²) in [5, 5.41) is 7.27. The highest BCUT2D eigenvalue weighted by Gasteiger charge is 2.19. The normalized spacial score (nSPS) is 23.1. The van der Waals surface area contributed by atoms with Crippen molar-refractivity contribution in [2.45, 2.75) is 32.4 Å². The lowest BCUT2D eigenvalue weighted by Gasteiger charge is -2.32. The maximum absolute atomic E-state index is 5.12. The lowest BCUT2D eigenvalue weighted by molar-refractivity contribution is 0.170. The van der Waals surface area contributed by atoms with Gasteiger partial charge in [-0.05, 0) is 6.42 Å². The molecule has 0 aliphatic carbocycles. The number of hydrogen-bond acceptors (Lipinski definition) is 4. The van der Waals surface area contributed by atoms with E-state index in [0.29, 0.717) is 6.04 Å². The van der Waals surface area contributed by atoms with Gasteiger partial charge in [-0.3, -0.25) is 4.90 Å². The first-order chi connectivity index (χ1) is 7.38. The first-order valence-corrected chi connectivity index (χ1v) is 5.73. The number of rotatable bonds is 4. The molecule has 0 bridgehead atoms. The molecule has 1 atom stereocenters. The smallest absolute Gasteiger partial charge is 0.150 e. The molecule has 1 aromatic rings. The van der Waals surface area contributed by atoms with E-state index in [1.807, 2.05) is 6.07 Å². The molecule has 2 rings (SSSR count). The van der Waals surface area contributed by atoms with E-state index in [4.69, 9.17) is 4.52 Å². The Morgan fingerprint density at radius 3 is 3.33 bits per heavy atom. The number of nitrogens with one attached hydrogen (secondary N) is 1. The summed E-state index contributed by atoms with van der Waals surface area (Å²) in [6.07, 6.45) is 4.21. The Labute approximate surface area is 90.6 Å². The summed E-state index contributed by atoms with van der Waals surface area (Å²) in [5.41, 5.74) is 0. The molecule has 15 heavy (non-hydrogen) atoms. The van der Waals surface area contributed by atoms with Crippen LogP contribution in [-0.4, -0.2) is 35.7 Å². The van der Waals surface area contributed by atoms with Gasteiger partial charge in [-0.2, -0.15) is 0 Å². The fourth-order valence-electron chi connectivity index (χ4n) is 2.12.